The zero-order valence-corrected chi connectivity index (χ0v) is 17.6. The second-order valence-corrected chi connectivity index (χ2v) is 9.71. The molecule has 6 heteroatoms. The number of rotatable bonds is 6. The standard InChI is InChI=1S/C23H25NO4S/c1-23(2,3)20-11-8-17(9-12-20)16-28-22(25)15-24-29(26,27)21-13-10-18-6-4-5-7-19(18)14-21/h4-14,24H,15-16H2,1-3H3. The normalized spacial score (nSPS) is 12.1. The SMILES string of the molecule is CC(C)(C)c1ccc(COC(=O)CNS(=O)(=O)c2ccc3ccccc3c2)cc1. The number of nitrogens with one attached hydrogen (secondary N) is 1. The first-order valence-corrected chi connectivity index (χ1v) is 10.9. The molecule has 1 N–H and O–H groups in total. The van der Waals surface area contributed by atoms with Gasteiger partial charge in [-0.2, -0.15) is 4.72 Å². The van der Waals surface area contributed by atoms with Crippen molar-refractivity contribution in [3.8, 4) is 0 Å². The average molecular weight is 412 g/mol. The Morgan fingerprint density at radius 3 is 2.24 bits per heavy atom. The van der Waals surface area contributed by atoms with Crippen molar-refractivity contribution >= 4 is 26.8 Å². The summed E-state index contributed by atoms with van der Waals surface area (Å²) in [5, 5.41) is 1.76. The van der Waals surface area contributed by atoms with Gasteiger partial charge in [-0.1, -0.05) is 75.4 Å². The van der Waals surface area contributed by atoms with Gasteiger partial charge in [-0.25, -0.2) is 8.42 Å². The smallest absolute Gasteiger partial charge is 0.321 e. The lowest BCUT2D eigenvalue weighted by Crippen LogP contribution is -2.30. The Hall–Kier alpha value is -2.70. The number of ether oxygens (including phenoxy) is 1. The Labute approximate surface area is 171 Å². The van der Waals surface area contributed by atoms with E-state index in [4.69, 9.17) is 4.74 Å². The monoisotopic (exact) mass is 411 g/mol. The van der Waals surface area contributed by atoms with Gasteiger partial charge < -0.3 is 4.74 Å². The molecule has 3 aromatic rings. The van der Waals surface area contributed by atoms with Crippen molar-refractivity contribution < 1.29 is 17.9 Å². The summed E-state index contributed by atoms with van der Waals surface area (Å²) in [6, 6.07) is 20.2. The molecule has 0 spiro atoms. The van der Waals surface area contributed by atoms with Gasteiger partial charge in [0, 0.05) is 0 Å². The predicted octanol–water partition coefficient (Wildman–Crippen LogP) is 4.16. The predicted molar refractivity (Wildman–Crippen MR) is 114 cm³/mol. The summed E-state index contributed by atoms with van der Waals surface area (Å²) >= 11 is 0. The van der Waals surface area contributed by atoms with Crippen molar-refractivity contribution in [2.75, 3.05) is 6.54 Å². The van der Waals surface area contributed by atoms with Crippen LogP contribution in [0.15, 0.2) is 71.6 Å². The molecule has 0 atom stereocenters. The number of carbonyl (C=O) groups excluding carboxylic acids is 1. The Balaban J connectivity index is 1.56. The zero-order valence-electron chi connectivity index (χ0n) is 16.8. The fourth-order valence-corrected chi connectivity index (χ4v) is 3.89. The summed E-state index contributed by atoms with van der Waals surface area (Å²) in [4.78, 5) is 12.1. The fourth-order valence-electron chi connectivity index (χ4n) is 2.89. The third-order valence-electron chi connectivity index (χ3n) is 4.66. The van der Waals surface area contributed by atoms with Gasteiger partial charge in [-0.15, -0.1) is 0 Å². The molecule has 3 rings (SSSR count). The molecule has 3 aromatic carbocycles. The number of benzene rings is 3. The summed E-state index contributed by atoms with van der Waals surface area (Å²) in [6.07, 6.45) is 0. The van der Waals surface area contributed by atoms with Crippen LogP contribution in [0.2, 0.25) is 0 Å². The number of hydrogen-bond donors (Lipinski definition) is 1. The van der Waals surface area contributed by atoms with Crippen LogP contribution in [0, 0.1) is 0 Å². The van der Waals surface area contributed by atoms with E-state index in [1.165, 1.54) is 11.6 Å². The van der Waals surface area contributed by atoms with Crippen LogP contribution in [0.1, 0.15) is 31.9 Å². The minimum atomic E-state index is -3.80. The molecule has 0 aliphatic rings. The maximum absolute atomic E-state index is 12.5. The molecular formula is C23H25NO4S. The second kappa shape index (κ2) is 8.35. The molecule has 152 valence electrons. The number of esters is 1. The summed E-state index contributed by atoms with van der Waals surface area (Å²) in [5.74, 6) is -0.630. The van der Waals surface area contributed by atoms with Crippen LogP contribution in [-0.2, 0) is 31.6 Å². The van der Waals surface area contributed by atoms with Crippen LogP contribution < -0.4 is 4.72 Å². The molecule has 0 saturated heterocycles. The van der Waals surface area contributed by atoms with Gasteiger partial charge in [0.05, 0.1) is 4.90 Å². The van der Waals surface area contributed by atoms with Gasteiger partial charge in [-0.3, -0.25) is 4.79 Å². The van der Waals surface area contributed by atoms with E-state index < -0.39 is 22.5 Å². The molecule has 0 radical (unpaired) electrons. The van der Waals surface area contributed by atoms with Crippen LogP contribution in [0.4, 0.5) is 0 Å². The van der Waals surface area contributed by atoms with Gasteiger partial charge in [0.15, 0.2) is 0 Å². The summed E-state index contributed by atoms with van der Waals surface area (Å²) in [6.45, 7) is 6.06. The topological polar surface area (TPSA) is 72.5 Å². The van der Waals surface area contributed by atoms with Crippen molar-refractivity contribution in [1.82, 2.24) is 4.72 Å². The molecule has 5 nitrogen and oxygen atoms in total. The number of hydrogen-bond acceptors (Lipinski definition) is 4. The highest BCUT2D eigenvalue weighted by Crippen LogP contribution is 2.22. The largest absolute Gasteiger partial charge is 0.460 e. The zero-order chi connectivity index (χ0) is 21.1. The molecule has 0 heterocycles. The maximum atomic E-state index is 12.5. The van der Waals surface area contributed by atoms with Crippen molar-refractivity contribution in [3.63, 3.8) is 0 Å². The molecule has 0 aromatic heterocycles. The third-order valence-corrected chi connectivity index (χ3v) is 6.06. The van der Waals surface area contributed by atoms with Crippen molar-refractivity contribution in [1.29, 1.82) is 0 Å². The van der Waals surface area contributed by atoms with Crippen LogP contribution in [0.3, 0.4) is 0 Å². The van der Waals surface area contributed by atoms with E-state index >= 15 is 0 Å². The first-order chi connectivity index (χ1) is 13.6. The summed E-state index contributed by atoms with van der Waals surface area (Å²) in [5.41, 5.74) is 2.09. The number of carbonyl (C=O) groups is 1. The summed E-state index contributed by atoms with van der Waals surface area (Å²) in [7, 11) is -3.80. The van der Waals surface area contributed by atoms with Crippen LogP contribution in [0.25, 0.3) is 10.8 Å². The van der Waals surface area contributed by atoms with E-state index in [1.807, 2.05) is 48.5 Å². The van der Waals surface area contributed by atoms with Crippen LogP contribution >= 0.6 is 0 Å². The lowest BCUT2D eigenvalue weighted by molar-refractivity contribution is -0.143. The van der Waals surface area contributed by atoms with Gasteiger partial charge in [0.2, 0.25) is 10.0 Å². The minimum Gasteiger partial charge on any atom is -0.460 e. The summed E-state index contributed by atoms with van der Waals surface area (Å²) < 4.78 is 32.4. The van der Waals surface area contributed by atoms with Crippen LogP contribution in [-0.4, -0.2) is 20.9 Å². The fraction of sp³-hybridized carbons (Fsp3) is 0.261. The lowest BCUT2D eigenvalue weighted by atomic mass is 9.87. The average Bonchev–Trinajstić information content (AvgIpc) is 2.70. The lowest BCUT2D eigenvalue weighted by Gasteiger charge is -2.19. The van der Waals surface area contributed by atoms with Gasteiger partial charge >= 0.3 is 5.97 Å². The van der Waals surface area contributed by atoms with E-state index in [2.05, 4.69) is 25.5 Å². The second-order valence-electron chi connectivity index (χ2n) is 7.94. The first-order valence-electron chi connectivity index (χ1n) is 9.39. The number of sulfonamides is 1. The third kappa shape index (κ3) is 5.43. The molecular weight excluding hydrogens is 386 g/mol. The molecule has 0 saturated carbocycles. The van der Waals surface area contributed by atoms with Gasteiger partial charge in [0.1, 0.15) is 13.2 Å². The Bertz CT molecular complexity index is 1110. The van der Waals surface area contributed by atoms with Gasteiger partial charge in [0.25, 0.3) is 0 Å². The molecule has 0 aliphatic carbocycles. The molecule has 0 fully saturated rings. The Kier molecular flexibility index (Phi) is 6.05. The van der Waals surface area contributed by atoms with Crippen molar-refractivity contribution in [2.24, 2.45) is 0 Å². The van der Waals surface area contributed by atoms with E-state index in [9.17, 15) is 13.2 Å². The minimum absolute atomic E-state index is 0.0518. The molecule has 0 bridgehead atoms. The molecule has 0 aliphatic heterocycles. The van der Waals surface area contributed by atoms with E-state index in [0.717, 1.165) is 16.3 Å². The highest BCUT2D eigenvalue weighted by molar-refractivity contribution is 7.89. The van der Waals surface area contributed by atoms with Gasteiger partial charge in [-0.05, 0) is 39.4 Å². The quantitative estimate of drug-likeness (QED) is 0.618. The van der Waals surface area contributed by atoms with E-state index in [1.54, 1.807) is 12.1 Å². The highest BCUT2D eigenvalue weighted by Gasteiger charge is 2.17. The Morgan fingerprint density at radius 2 is 1.59 bits per heavy atom. The highest BCUT2D eigenvalue weighted by atomic mass is 32.2. The molecule has 0 amide bonds. The molecule has 29 heavy (non-hydrogen) atoms. The first kappa shape index (κ1) is 21.0. The maximum Gasteiger partial charge on any atom is 0.321 e. The van der Waals surface area contributed by atoms with E-state index in [-0.39, 0.29) is 16.9 Å². The Morgan fingerprint density at radius 1 is 0.931 bits per heavy atom. The van der Waals surface area contributed by atoms with E-state index in [0.29, 0.717) is 0 Å². The van der Waals surface area contributed by atoms with Crippen molar-refractivity contribution in [3.05, 3.63) is 77.9 Å². The number of fused-ring (bicyclic) bond motifs is 1. The van der Waals surface area contributed by atoms with Crippen molar-refractivity contribution in [2.45, 2.75) is 37.7 Å². The molecule has 0 unspecified atom stereocenters. The van der Waals surface area contributed by atoms with Crippen LogP contribution in [0.5, 0.6) is 0 Å².